The Labute approximate surface area is 99.8 Å². The summed E-state index contributed by atoms with van der Waals surface area (Å²) in [5.41, 5.74) is 1.82. The first-order chi connectivity index (χ1) is 8.36. The maximum atomic E-state index is 12.4. The number of aromatic nitrogens is 1. The maximum Gasteiger partial charge on any atom is 0.170 e. The van der Waals surface area contributed by atoms with Crippen LogP contribution in [0.3, 0.4) is 0 Å². The minimum atomic E-state index is 0.0305. The van der Waals surface area contributed by atoms with Gasteiger partial charge in [-0.1, -0.05) is 18.2 Å². The summed E-state index contributed by atoms with van der Waals surface area (Å²) in [6.07, 6.45) is 3.75. The normalized spacial score (nSPS) is 20.6. The molecule has 0 saturated carbocycles. The summed E-state index contributed by atoms with van der Waals surface area (Å²) in [6, 6.07) is 7.91. The van der Waals surface area contributed by atoms with Gasteiger partial charge in [0.15, 0.2) is 5.78 Å². The van der Waals surface area contributed by atoms with E-state index in [1.54, 1.807) is 0 Å². The molecular formula is C14H15NO2. The fourth-order valence-electron chi connectivity index (χ4n) is 2.44. The molecule has 1 aliphatic rings. The molecule has 0 spiro atoms. The molecule has 1 fully saturated rings. The van der Waals surface area contributed by atoms with Crippen LogP contribution < -0.4 is 0 Å². The zero-order valence-corrected chi connectivity index (χ0v) is 9.61. The number of carbonyl (C=O) groups is 1. The summed E-state index contributed by atoms with van der Waals surface area (Å²) in [6.45, 7) is 1.36. The van der Waals surface area contributed by atoms with Crippen LogP contribution in [-0.2, 0) is 4.74 Å². The van der Waals surface area contributed by atoms with Crippen LogP contribution in [0.5, 0.6) is 0 Å². The van der Waals surface area contributed by atoms with Crippen LogP contribution >= 0.6 is 0 Å². The van der Waals surface area contributed by atoms with Crippen LogP contribution in [0.25, 0.3) is 10.9 Å². The van der Waals surface area contributed by atoms with Crippen LogP contribution in [0.1, 0.15) is 23.2 Å². The topological polar surface area (TPSA) is 42.1 Å². The summed E-state index contributed by atoms with van der Waals surface area (Å²) in [4.78, 5) is 15.5. The second kappa shape index (κ2) is 4.34. The highest BCUT2D eigenvalue weighted by atomic mass is 16.5. The molecular weight excluding hydrogens is 214 g/mol. The molecule has 1 N–H and O–H groups in total. The number of aromatic amines is 1. The van der Waals surface area contributed by atoms with Crippen LogP contribution in [0.2, 0.25) is 0 Å². The molecule has 2 heterocycles. The second-order valence-electron chi connectivity index (χ2n) is 4.53. The predicted octanol–water partition coefficient (Wildman–Crippen LogP) is 2.78. The smallest absolute Gasteiger partial charge is 0.170 e. The van der Waals surface area contributed by atoms with Crippen LogP contribution in [0.4, 0.5) is 0 Å². The Kier molecular flexibility index (Phi) is 2.69. The zero-order chi connectivity index (χ0) is 11.7. The van der Waals surface area contributed by atoms with Gasteiger partial charge in [-0.2, -0.15) is 0 Å². The largest absolute Gasteiger partial charge is 0.381 e. The van der Waals surface area contributed by atoms with Gasteiger partial charge in [-0.25, -0.2) is 0 Å². The number of Topliss-reactive ketones (excluding diaryl/α,β-unsaturated/α-hetero) is 1. The third-order valence-corrected chi connectivity index (χ3v) is 3.39. The highest BCUT2D eigenvalue weighted by Gasteiger charge is 2.24. The number of hydrogen-bond acceptors (Lipinski definition) is 2. The van der Waals surface area contributed by atoms with Crippen molar-refractivity contribution >= 4 is 16.7 Å². The van der Waals surface area contributed by atoms with Gasteiger partial charge in [-0.05, 0) is 18.9 Å². The van der Waals surface area contributed by atoms with Crippen molar-refractivity contribution in [3.63, 3.8) is 0 Å². The van der Waals surface area contributed by atoms with Crippen LogP contribution in [0, 0.1) is 5.92 Å². The number of hydrogen-bond donors (Lipinski definition) is 1. The molecule has 0 bridgehead atoms. The van der Waals surface area contributed by atoms with E-state index in [9.17, 15) is 4.79 Å². The van der Waals surface area contributed by atoms with E-state index in [0.717, 1.165) is 35.9 Å². The number of para-hydroxylation sites is 1. The number of ether oxygens (including phenoxy) is 1. The molecule has 88 valence electrons. The Morgan fingerprint density at radius 3 is 3.06 bits per heavy atom. The number of H-pyrrole nitrogens is 1. The number of benzene rings is 1. The van der Waals surface area contributed by atoms with Gasteiger partial charge in [0.1, 0.15) is 0 Å². The van der Waals surface area contributed by atoms with Gasteiger partial charge in [0.2, 0.25) is 0 Å². The van der Waals surface area contributed by atoms with Gasteiger partial charge in [0, 0.05) is 35.2 Å². The average Bonchev–Trinajstić information content (AvgIpc) is 2.83. The molecule has 2 aromatic rings. The minimum absolute atomic E-state index is 0.0305. The van der Waals surface area contributed by atoms with E-state index in [0.29, 0.717) is 6.61 Å². The summed E-state index contributed by atoms with van der Waals surface area (Å²) in [7, 11) is 0. The standard InChI is InChI=1S/C14H15NO2/c16-14(10-4-3-7-17-9-10)12-8-15-13-6-2-1-5-11(12)13/h1-2,5-6,8,10,15H,3-4,7,9H2. The monoisotopic (exact) mass is 229 g/mol. The lowest BCUT2D eigenvalue weighted by molar-refractivity contribution is 0.0462. The van der Waals surface area contributed by atoms with Gasteiger partial charge in [0.25, 0.3) is 0 Å². The predicted molar refractivity (Wildman–Crippen MR) is 66.2 cm³/mol. The zero-order valence-electron chi connectivity index (χ0n) is 9.61. The molecule has 3 nitrogen and oxygen atoms in total. The highest BCUT2D eigenvalue weighted by molar-refractivity contribution is 6.08. The number of ketones is 1. The van der Waals surface area contributed by atoms with E-state index in [-0.39, 0.29) is 11.7 Å². The lowest BCUT2D eigenvalue weighted by Gasteiger charge is -2.20. The Balaban J connectivity index is 1.95. The van der Waals surface area contributed by atoms with Gasteiger partial charge in [-0.3, -0.25) is 4.79 Å². The third kappa shape index (κ3) is 1.87. The van der Waals surface area contributed by atoms with E-state index >= 15 is 0 Å². The van der Waals surface area contributed by atoms with E-state index in [1.165, 1.54) is 0 Å². The van der Waals surface area contributed by atoms with Gasteiger partial charge in [0.05, 0.1) is 6.61 Å². The number of nitrogens with one attached hydrogen (secondary N) is 1. The van der Waals surface area contributed by atoms with Crippen molar-refractivity contribution in [3.8, 4) is 0 Å². The SMILES string of the molecule is O=C(c1c[nH]c2ccccc12)C1CCCOC1. The summed E-state index contributed by atoms with van der Waals surface area (Å²) < 4.78 is 5.38. The fourth-order valence-corrected chi connectivity index (χ4v) is 2.44. The van der Waals surface area contributed by atoms with Crippen molar-refractivity contribution in [2.75, 3.05) is 13.2 Å². The molecule has 0 aliphatic carbocycles. The fraction of sp³-hybridized carbons (Fsp3) is 0.357. The first-order valence-electron chi connectivity index (χ1n) is 6.04. The molecule has 1 saturated heterocycles. The van der Waals surface area contributed by atoms with Crippen LogP contribution in [0.15, 0.2) is 30.5 Å². The molecule has 1 atom stereocenters. The third-order valence-electron chi connectivity index (χ3n) is 3.39. The number of carbonyl (C=O) groups excluding carboxylic acids is 1. The van der Waals surface area contributed by atoms with Crippen molar-refractivity contribution in [3.05, 3.63) is 36.0 Å². The lowest BCUT2D eigenvalue weighted by Crippen LogP contribution is -2.25. The first kappa shape index (κ1) is 10.5. The summed E-state index contributed by atoms with van der Waals surface area (Å²) in [5.74, 6) is 0.241. The number of fused-ring (bicyclic) bond motifs is 1. The summed E-state index contributed by atoms with van der Waals surface area (Å²) in [5, 5.41) is 1.02. The molecule has 3 heteroatoms. The Morgan fingerprint density at radius 2 is 2.24 bits per heavy atom. The molecule has 1 aliphatic heterocycles. The van der Waals surface area contributed by atoms with Gasteiger partial charge in [-0.15, -0.1) is 0 Å². The van der Waals surface area contributed by atoms with E-state index in [4.69, 9.17) is 4.74 Å². The first-order valence-corrected chi connectivity index (χ1v) is 6.04. The molecule has 0 radical (unpaired) electrons. The maximum absolute atomic E-state index is 12.4. The van der Waals surface area contributed by atoms with Crippen molar-refractivity contribution < 1.29 is 9.53 Å². The molecule has 3 rings (SSSR count). The molecule has 1 unspecified atom stereocenters. The molecule has 1 aromatic carbocycles. The highest BCUT2D eigenvalue weighted by Crippen LogP contribution is 2.24. The minimum Gasteiger partial charge on any atom is -0.381 e. The van der Waals surface area contributed by atoms with E-state index < -0.39 is 0 Å². The van der Waals surface area contributed by atoms with Gasteiger partial charge >= 0.3 is 0 Å². The van der Waals surface area contributed by atoms with E-state index in [1.807, 2.05) is 30.5 Å². The Bertz CT molecular complexity index is 538. The molecule has 17 heavy (non-hydrogen) atoms. The summed E-state index contributed by atoms with van der Waals surface area (Å²) >= 11 is 0. The van der Waals surface area contributed by atoms with Crippen molar-refractivity contribution in [2.24, 2.45) is 5.92 Å². The van der Waals surface area contributed by atoms with Gasteiger partial charge < -0.3 is 9.72 Å². The Hall–Kier alpha value is -1.61. The lowest BCUT2D eigenvalue weighted by atomic mass is 9.92. The molecule has 1 aromatic heterocycles. The van der Waals surface area contributed by atoms with Crippen molar-refractivity contribution in [1.29, 1.82) is 0 Å². The number of rotatable bonds is 2. The van der Waals surface area contributed by atoms with E-state index in [2.05, 4.69) is 4.98 Å². The van der Waals surface area contributed by atoms with Crippen molar-refractivity contribution in [2.45, 2.75) is 12.8 Å². The quantitative estimate of drug-likeness (QED) is 0.804. The second-order valence-corrected chi connectivity index (χ2v) is 4.53. The molecule has 0 amide bonds. The Morgan fingerprint density at radius 1 is 1.35 bits per heavy atom. The van der Waals surface area contributed by atoms with Crippen LogP contribution in [-0.4, -0.2) is 24.0 Å². The average molecular weight is 229 g/mol. The van der Waals surface area contributed by atoms with Crippen molar-refractivity contribution in [1.82, 2.24) is 4.98 Å².